The molecule has 0 aliphatic heterocycles. The summed E-state index contributed by atoms with van der Waals surface area (Å²) < 4.78 is 5.96. The largest absolute Gasteiger partial charge is 0.493 e. The lowest BCUT2D eigenvalue weighted by atomic mass is 10.2. The fourth-order valence-electron chi connectivity index (χ4n) is 2.70. The van der Waals surface area contributed by atoms with Gasteiger partial charge in [-0.25, -0.2) is 4.99 Å². The minimum absolute atomic E-state index is 0. The van der Waals surface area contributed by atoms with Crippen molar-refractivity contribution in [2.45, 2.75) is 32.9 Å². The molecule has 0 saturated heterocycles. The Hall–Kier alpha value is -2.36. The molecule has 1 aliphatic carbocycles. The molecule has 7 nitrogen and oxygen atoms in total. The first kappa shape index (κ1) is 22.9. The number of aliphatic imine (C=N–C) groups is 1. The van der Waals surface area contributed by atoms with Crippen molar-refractivity contribution in [3.63, 3.8) is 0 Å². The van der Waals surface area contributed by atoms with Crippen LogP contribution in [0.5, 0.6) is 5.75 Å². The lowest BCUT2D eigenvalue weighted by molar-refractivity contribution is -0.384. The van der Waals surface area contributed by atoms with Gasteiger partial charge in [0, 0.05) is 30.8 Å². The van der Waals surface area contributed by atoms with Crippen molar-refractivity contribution in [3.8, 4) is 5.75 Å². The number of rotatable bonds is 9. The van der Waals surface area contributed by atoms with Gasteiger partial charge >= 0.3 is 0 Å². The van der Waals surface area contributed by atoms with E-state index in [1.165, 1.54) is 25.0 Å². The zero-order valence-corrected chi connectivity index (χ0v) is 18.8. The summed E-state index contributed by atoms with van der Waals surface area (Å²) in [4.78, 5) is 14.9. The topological polar surface area (TPSA) is 88.8 Å². The molecule has 0 heterocycles. The van der Waals surface area contributed by atoms with Crippen molar-refractivity contribution in [1.82, 2.24) is 10.6 Å². The zero-order chi connectivity index (χ0) is 19.8. The van der Waals surface area contributed by atoms with Crippen LogP contribution in [0.1, 0.15) is 30.9 Å². The standard InChI is InChI=1S/C21H26N4O3.HI/c1-2-22-21(23-13-16-9-11-19(12-10-16)25(26)27)24-14-18-5-3-4-6-20(18)28-15-17-7-8-17;/h3-6,9-12,17H,2,7-8,13-15H2,1H3,(H2,22,23,24);1H. The predicted molar refractivity (Wildman–Crippen MR) is 125 cm³/mol. The van der Waals surface area contributed by atoms with Gasteiger partial charge in [-0.1, -0.05) is 30.3 Å². The summed E-state index contributed by atoms with van der Waals surface area (Å²) in [6, 6.07) is 14.5. The second-order valence-electron chi connectivity index (χ2n) is 6.83. The molecule has 0 amide bonds. The summed E-state index contributed by atoms with van der Waals surface area (Å²) in [7, 11) is 0. The molecule has 0 bridgehead atoms. The van der Waals surface area contributed by atoms with Crippen LogP contribution in [0.3, 0.4) is 0 Å². The van der Waals surface area contributed by atoms with E-state index in [0.717, 1.165) is 30.0 Å². The number of hydrogen-bond acceptors (Lipinski definition) is 4. The average Bonchev–Trinajstić information content (AvgIpc) is 3.54. The highest BCUT2D eigenvalue weighted by molar-refractivity contribution is 14.0. The van der Waals surface area contributed by atoms with Gasteiger partial charge in [0.2, 0.25) is 0 Å². The molecule has 29 heavy (non-hydrogen) atoms. The molecule has 8 heteroatoms. The van der Waals surface area contributed by atoms with E-state index < -0.39 is 4.92 Å². The number of nitro groups is 1. The summed E-state index contributed by atoms with van der Waals surface area (Å²) >= 11 is 0. The van der Waals surface area contributed by atoms with E-state index in [-0.39, 0.29) is 29.7 Å². The molecule has 156 valence electrons. The summed E-state index contributed by atoms with van der Waals surface area (Å²) in [6.07, 6.45) is 2.53. The minimum Gasteiger partial charge on any atom is -0.493 e. The van der Waals surface area contributed by atoms with Gasteiger partial charge in [-0.05, 0) is 37.3 Å². The number of guanidine groups is 1. The molecule has 2 N–H and O–H groups in total. The van der Waals surface area contributed by atoms with Crippen molar-refractivity contribution < 1.29 is 9.66 Å². The number of ether oxygens (including phenoxy) is 1. The third kappa shape index (κ3) is 7.52. The van der Waals surface area contributed by atoms with Crippen LogP contribution in [0.4, 0.5) is 5.69 Å². The zero-order valence-electron chi connectivity index (χ0n) is 16.5. The normalized spacial score (nSPS) is 13.3. The second-order valence-corrected chi connectivity index (χ2v) is 6.83. The summed E-state index contributed by atoms with van der Waals surface area (Å²) in [5.74, 6) is 2.31. The Morgan fingerprint density at radius 2 is 1.90 bits per heavy atom. The summed E-state index contributed by atoms with van der Waals surface area (Å²) in [5.41, 5.74) is 2.08. The van der Waals surface area contributed by atoms with Crippen molar-refractivity contribution >= 4 is 35.6 Å². The van der Waals surface area contributed by atoms with Gasteiger partial charge in [0.1, 0.15) is 5.75 Å². The first-order valence-corrected chi connectivity index (χ1v) is 9.62. The number of nitrogens with zero attached hydrogens (tertiary/aromatic N) is 2. The third-order valence-corrected chi connectivity index (χ3v) is 4.50. The van der Waals surface area contributed by atoms with Gasteiger partial charge < -0.3 is 15.4 Å². The Labute approximate surface area is 188 Å². The molecule has 2 aromatic rings. The highest BCUT2D eigenvalue weighted by Gasteiger charge is 2.22. The number of non-ortho nitro benzene ring substituents is 1. The van der Waals surface area contributed by atoms with Crippen LogP contribution in [-0.2, 0) is 13.1 Å². The number of nitrogens with one attached hydrogen (secondary N) is 2. The van der Waals surface area contributed by atoms with E-state index in [1.54, 1.807) is 12.1 Å². The molecule has 2 aromatic carbocycles. The van der Waals surface area contributed by atoms with Crippen LogP contribution >= 0.6 is 24.0 Å². The maximum atomic E-state index is 10.7. The van der Waals surface area contributed by atoms with Crippen LogP contribution in [0.15, 0.2) is 53.5 Å². The molecular weight excluding hydrogens is 483 g/mol. The molecule has 0 radical (unpaired) electrons. The minimum atomic E-state index is -0.401. The van der Waals surface area contributed by atoms with Gasteiger partial charge in [0.05, 0.1) is 18.1 Å². The number of benzene rings is 2. The second kappa shape index (κ2) is 11.6. The Bertz CT molecular complexity index is 823. The third-order valence-electron chi connectivity index (χ3n) is 4.50. The molecular formula is C21H27IN4O3. The predicted octanol–water partition coefficient (Wildman–Crippen LogP) is 4.26. The number of halogens is 1. The lowest BCUT2D eigenvalue weighted by Crippen LogP contribution is -2.36. The van der Waals surface area contributed by atoms with Crippen LogP contribution < -0.4 is 15.4 Å². The van der Waals surface area contributed by atoms with Crippen LogP contribution in [0, 0.1) is 16.0 Å². The SMILES string of the molecule is CCNC(=NCc1ccc([N+](=O)[O-])cc1)NCc1ccccc1OCC1CC1.I. The van der Waals surface area contributed by atoms with Gasteiger partial charge in [0.25, 0.3) is 5.69 Å². The van der Waals surface area contributed by atoms with E-state index in [2.05, 4.69) is 21.7 Å². The molecule has 1 aliphatic rings. The molecule has 0 aromatic heterocycles. The lowest BCUT2D eigenvalue weighted by Gasteiger charge is -2.14. The molecule has 1 saturated carbocycles. The number of hydrogen-bond donors (Lipinski definition) is 2. The summed E-state index contributed by atoms with van der Waals surface area (Å²) in [6.45, 7) is 4.58. The first-order valence-electron chi connectivity index (χ1n) is 9.62. The Morgan fingerprint density at radius 1 is 1.17 bits per heavy atom. The van der Waals surface area contributed by atoms with Crippen molar-refractivity contribution in [3.05, 3.63) is 69.8 Å². The highest BCUT2D eigenvalue weighted by atomic mass is 127. The van der Waals surface area contributed by atoms with Gasteiger partial charge in [-0.2, -0.15) is 0 Å². The van der Waals surface area contributed by atoms with Gasteiger partial charge in [-0.15, -0.1) is 24.0 Å². The smallest absolute Gasteiger partial charge is 0.269 e. The van der Waals surface area contributed by atoms with E-state index in [0.29, 0.717) is 25.0 Å². The van der Waals surface area contributed by atoms with Crippen molar-refractivity contribution in [2.75, 3.05) is 13.2 Å². The fraction of sp³-hybridized carbons (Fsp3) is 0.381. The Balaban J connectivity index is 0.00000300. The molecule has 1 fully saturated rings. The van der Waals surface area contributed by atoms with E-state index >= 15 is 0 Å². The van der Waals surface area contributed by atoms with Gasteiger partial charge in [-0.3, -0.25) is 10.1 Å². The van der Waals surface area contributed by atoms with Crippen molar-refractivity contribution in [1.29, 1.82) is 0 Å². The number of nitro benzene ring substituents is 1. The van der Waals surface area contributed by atoms with E-state index in [1.807, 2.05) is 25.1 Å². The number of para-hydroxylation sites is 1. The fourth-order valence-corrected chi connectivity index (χ4v) is 2.70. The maximum Gasteiger partial charge on any atom is 0.269 e. The van der Waals surface area contributed by atoms with Gasteiger partial charge in [0.15, 0.2) is 5.96 Å². The van der Waals surface area contributed by atoms with Crippen LogP contribution in [-0.4, -0.2) is 24.0 Å². The Morgan fingerprint density at radius 3 is 2.55 bits per heavy atom. The molecule has 0 unspecified atom stereocenters. The molecule has 0 atom stereocenters. The van der Waals surface area contributed by atoms with E-state index in [9.17, 15) is 10.1 Å². The first-order chi connectivity index (χ1) is 13.7. The Kier molecular flexibility index (Phi) is 9.17. The van der Waals surface area contributed by atoms with E-state index in [4.69, 9.17) is 4.74 Å². The van der Waals surface area contributed by atoms with Crippen LogP contribution in [0.2, 0.25) is 0 Å². The monoisotopic (exact) mass is 510 g/mol. The quantitative estimate of drug-likeness (QED) is 0.173. The molecule has 0 spiro atoms. The highest BCUT2D eigenvalue weighted by Crippen LogP contribution is 2.30. The maximum absolute atomic E-state index is 10.7. The molecule has 3 rings (SSSR count). The summed E-state index contributed by atoms with van der Waals surface area (Å²) in [5, 5.41) is 17.3. The van der Waals surface area contributed by atoms with Crippen LogP contribution in [0.25, 0.3) is 0 Å². The average molecular weight is 510 g/mol. The van der Waals surface area contributed by atoms with Crippen molar-refractivity contribution in [2.24, 2.45) is 10.9 Å².